The van der Waals surface area contributed by atoms with E-state index in [4.69, 9.17) is 14.5 Å². The van der Waals surface area contributed by atoms with Crippen LogP contribution in [0.5, 0.6) is 0 Å². The van der Waals surface area contributed by atoms with Crippen LogP contribution in [0, 0.1) is 0 Å². The lowest BCUT2D eigenvalue weighted by molar-refractivity contribution is -0.177. The SMILES string of the molecule is CCCCO[C@]1(C)C(=O)OCc2c1cc1n(c2=O)Cc2cc3ccccc3nc2-1. The van der Waals surface area contributed by atoms with E-state index in [1.807, 2.05) is 30.3 Å². The highest BCUT2D eigenvalue weighted by atomic mass is 16.6. The van der Waals surface area contributed by atoms with Crippen molar-refractivity contribution in [3.05, 3.63) is 63.4 Å². The summed E-state index contributed by atoms with van der Waals surface area (Å²) < 4.78 is 13.0. The summed E-state index contributed by atoms with van der Waals surface area (Å²) in [5.74, 6) is -0.449. The molecule has 0 spiro atoms. The van der Waals surface area contributed by atoms with Crippen LogP contribution in [0.1, 0.15) is 43.4 Å². The number of pyridine rings is 2. The van der Waals surface area contributed by atoms with Gasteiger partial charge in [-0.05, 0) is 31.5 Å². The zero-order valence-electron chi connectivity index (χ0n) is 16.5. The summed E-state index contributed by atoms with van der Waals surface area (Å²) in [5.41, 5.74) is 3.08. The highest BCUT2D eigenvalue weighted by Crippen LogP contribution is 2.38. The third-order valence-corrected chi connectivity index (χ3v) is 5.91. The Kier molecular flexibility index (Phi) is 4.06. The van der Waals surface area contributed by atoms with Crippen LogP contribution < -0.4 is 5.56 Å². The molecule has 2 aromatic heterocycles. The van der Waals surface area contributed by atoms with Crippen LogP contribution in [-0.2, 0) is 33.0 Å². The van der Waals surface area contributed by atoms with Gasteiger partial charge in [-0.2, -0.15) is 0 Å². The Balaban J connectivity index is 1.70. The van der Waals surface area contributed by atoms with Crippen molar-refractivity contribution in [2.24, 2.45) is 0 Å². The van der Waals surface area contributed by atoms with Gasteiger partial charge >= 0.3 is 5.97 Å². The van der Waals surface area contributed by atoms with E-state index in [0.717, 1.165) is 40.7 Å². The minimum absolute atomic E-state index is 0.0221. The molecule has 0 amide bonds. The fourth-order valence-corrected chi connectivity index (χ4v) is 4.22. The van der Waals surface area contributed by atoms with Gasteiger partial charge in [0.15, 0.2) is 5.60 Å². The molecule has 5 rings (SSSR count). The number of para-hydroxylation sites is 1. The number of rotatable bonds is 4. The van der Waals surface area contributed by atoms with Crippen molar-refractivity contribution in [3.63, 3.8) is 0 Å². The molecule has 0 radical (unpaired) electrons. The van der Waals surface area contributed by atoms with Gasteiger partial charge in [0.2, 0.25) is 0 Å². The number of aromatic nitrogens is 2. The summed E-state index contributed by atoms with van der Waals surface area (Å²) in [7, 11) is 0. The highest BCUT2D eigenvalue weighted by molar-refractivity contribution is 5.86. The van der Waals surface area contributed by atoms with Crippen LogP contribution in [-0.4, -0.2) is 22.1 Å². The number of nitrogens with zero attached hydrogens (tertiary/aromatic N) is 2. The zero-order chi connectivity index (χ0) is 20.2. The molecular weight excluding hydrogens is 368 g/mol. The molecule has 6 nitrogen and oxygen atoms in total. The van der Waals surface area contributed by atoms with Crippen LogP contribution in [0.15, 0.2) is 41.2 Å². The smallest absolute Gasteiger partial charge is 0.343 e. The molecule has 148 valence electrons. The largest absolute Gasteiger partial charge is 0.458 e. The predicted molar refractivity (Wildman–Crippen MR) is 109 cm³/mol. The highest BCUT2D eigenvalue weighted by Gasteiger charge is 2.45. The number of ether oxygens (including phenoxy) is 2. The first-order chi connectivity index (χ1) is 14.0. The fraction of sp³-hybridized carbons (Fsp3) is 0.348. The van der Waals surface area contributed by atoms with Crippen molar-refractivity contribution in [1.82, 2.24) is 9.55 Å². The number of esters is 1. The van der Waals surface area contributed by atoms with Crippen LogP contribution >= 0.6 is 0 Å². The Hall–Kier alpha value is -2.99. The topological polar surface area (TPSA) is 70.4 Å². The summed E-state index contributed by atoms with van der Waals surface area (Å²) in [4.78, 5) is 30.7. The standard InChI is InChI=1S/C23H22N2O4/c1-3-4-9-29-23(2)17-11-19-20-15(10-14-7-5-6-8-18(14)24-20)12-25(19)21(26)16(17)13-28-22(23)27/h5-8,10-11H,3-4,9,12-13H2,1-2H3/t23-/m0/s1. The average Bonchev–Trinajstić information content (AvgIpc) is 3.08. The van der Waals surface area contributed by atoms with Gasteiger partial charge in [0.05, 0.1) is 29.0 Å². The first-order valence-electron chi connectivity index (χ1n) is 10.0. The molecule has 0 aliphatic carbocycles. The van der Waals surface area contributed by atoms with Crippen LogP contribution in [0.25, 0.3) is 22.3 Å². The monoisotopic (exact) mass is 390 g/mol. The lowest BCUT2D eigenvalue weighted by atomic mass is 9.89. The molecule has 0 fully saturated rings. The molecule has 2 aliphatic heterocycles. The molecule has 3 aromatic rings. The Morgan fingerprint density at radius 1 is 1.24 bits per heavy atom. The van der Waals surface area contributed by atoms with E-state index >= 15 is 0 Å². The summed E-state index contributed by atoms with van der Waals surface area (Å²) in [6, 6.07) is 11.9. The molecule has 2 aliphatic rings. The quantitative estimate of drug-likeness (QED) is 0.394. The maximum absolute atomic E-state index is 13.3. The third-order valence-electron chi connectivity index (χ3n) is 5.91. The maximum Gasteiger partial charge on any atom is 0.343 e. The molecular formula is C23H22N2O4. The Bertz CT molecular complexity index is 1210. The number of carbonyl (C=O) groups excluding carboxylic acids is 1. The molecule has 1 atom stereocenters. The number of hydrogen-bond acceptors (Lipinski definition) is 5. The van der Waals surface area contributed by atoms with Gasteiger partial charge < -0.3 is 14.0 Å². The first kappa shape index (κ1) is 18.1. The van der Waals surface area contributed by atoms with Crippen molar-refractivity contribution < 1.29 is 14.3 Å². The van der Waals surface area contributed by atoms with Gasteiger partial charge in [-0.25, -0.2) is 9.78 Å². The van der Waals surface area contributed by atoms with Crippen molar-refractivity contribution in [3.8, 4) is 11.4 Å². The summed E-state index contributed by atoms with van der Waals surface area (Å²) in [5, 5.41) is 1.04. The number of hydrogen-bond donors (Lipinski definition) is 0. The minimum Gasteiger partial charge on any atom is -0.458 e. The number of unbranched alkanes of at least 4 members (excludes halogenated alkanes) is 1. The predicted octanol–water partition coefficient (Wildman–Crippen LogP) is 3.51. The maximum atomic E-state index is 13.3. The van der Waals surface area contributed by atoms with E-state index in [2.05, 4.69) is 13.0 Å². The number of fused-ring (bicyclic) bond motifs is 5. The van der Waals surface area contributed by atoms with E-state index in [1.165, 1.54) is 0 Å². The van der Waals surface area contributed by atoms with E-state index in [-0.39, 0.29) is 12.2 Å². The van der Waals surface area contributed by atoms with Gasteiger partial charge in [-0.1, -0.05) is 31.5 Å². The third kappa shape index (κ3) is 2.63. The van der Waals surface area contributed by atoms with E-state index in [0.29, 0.717) is 24.3 Å². The van der Waals surface area contributed by atoms with Gasteiger partial charge in [-0.15, -0.1) is 0 Å². The van der Waals surface area contributed by atoms with Crippen molar-refractivity contribution >= 4 is 16.9 Å². The second kappa shape index (κ2) is 6.52. The molecule has 0 N–H and O–H groups in total. The second-order valence-electron chi connectivity index (χ2n) is 7.81. The summed E-state index contributed by atoms with van der Waals surface area (Å²) in [6.07, 6.45) is 1.79. The molecule has 0 unspecified atom stereocenters. The van der Waals surface area contributed by atoms with Gasteiger partial charge in [0, 0.05) is 23.1 Å². The fourth-order valence-electron chi connectivity index (χ4n) is 4.22. The van der Waals surface area contributed by atoms with Crippen LogP contribution in [0.4, 0.5) is 0 Å². The molecule has 6 heteroatoms. The lowest BCUT2D eigenvalue weighted by Crippen LogP contribution is -2.44. The zero-order valence-corrected chi connectivity index (χ0v) is 16.5. The normalized spacial score (nSPS) is 19.6. The van der Waals surface area contributed by atoms with Gasteiger partial charge in [0.25, 0.3) is 5.56 Å². The van der Waals surface area contributed by atoms with Crippen molar-refractivity contribution in [2.45, 2.75) is 45.4 Å². The first-order valence-corrected chi connectivity index (χ1v) is 10.0. The molecule has 4 heterocycles. The Morgan fingerprint density at radius 3 is 2.90 bits per heavy atom. The summed E-state index contributed by atoms with van der Waals surface area (Å²) in [6.45, 7) is 4.63. The molecule has 29 heavy (non-hydrogen) atoms. The number of cyclic esters (lactones) is 1. The van der Waals surface area contributed by atoms with Gasteiger partial charge in [0.1, 0.15) is 6.61 Å². The summed E-state index contributed by atoms with van der Waals surface area (Å²) >= 11 is 0. The second-order valence-corrected chi connectivity index (χ2v) is 7.81. The van der Waals surface area contributed by atoms with Crippen molar-refractivity contribution in [2.75, 3.05) is 6.61 Å². The Morgan fingerprint density at radius 2 is 2.07 bits per heavy atom. The molecule has 0 saturated carbocycles. The molecule has 0 saturated heterocycles. The Labute approximate surface area is 168 Å². The average molecular weight is 390 g/mol. The van der Waals surface area contributed by atoms with E-state index < -0.39 is 11.6 Å². The number of carbonyl (C=O) groups is 1. The molecule has 1 aromatic carbocycles. The lowest BCUT2D eigenvalue weighted by Gasteiger charge is -2.34. The van der Waals surface area contributed by atoms with Crippen LogP contribution in [0.3, 0.4) is 0 Å². The van der Waals surface area contributed by atoms with Crippen LogP contribution in [0.2, 0.25) is 0 Å². The van der Waals surface area contributed by atoms with E-state index in [1.54, 1.807) is 11.5 Å². The van der Waals surface area contributed by atoms with Gasteiger partial charge in [-0.3, -0.25) is 4.79 Å². The van der Waals surface area contributed by atoms with Crippen molar-refractivity contribution in [1.29, 1.82) is 0 Å². The van der Waals surface area contributed by atoms with E-state index in [9.17, 15) is 9.59 Å². The minimum atomic E-state index is -1.28. The molecule has 0 bridgehead atoms. The number of benzene rings is 1.